The maximum Gasteiger partial charge on any atom is 0.270 e. The van der Waals surface area contributed by atoms with Crippen LogP contribution in [-0.2, 0) is 0 Å². The SMILES string of the molecule is CC1(C)C=Cc2cc([N+](=O)[O-])ccc2N1I. The van der Waals surface area contributed by atoms with E-state index in [2.05, 4.69) is 39.8 Å². The number of rotatable bonds is 1. The van der Waals surface area contributed by atoms with Crippen LogP contribution in [0.2, 0.25) is 0 Å². The molecule has 0 N–H and O–H groups in total. The molecular weight excluding hydrogens is 319 g/mol. The van der Waals surface area contributed by atoms with Crippen LogP contribution >= 0.6 is 22.9 Å². The average Bonchev–Trinajstić information content (AvgIpc) is 2.23. The first-order valence-corrected chi connectivity index (χ1v) is 5.82. The van der Waals surface area contributed by atoms with E-state index in [-0.39, 0.29) is 16.1 Å². The minimum absolute atomic E-state index is 0.0658. The van der Waals surface area contributed by atoms with Gasteiger partial charge in [-0.2, -0.15) is 0 Å². The summed E-state index contributed by atoms with van der Waals surface area (Å²) in [6.45, 7) is 4.20. The molecule has 1 aliphatic rings. The van der Waals surface area contributed by atoms with E-state index in [1.807, 2.05) is 12.2 Å². The van der Waals surface area contributed by atoms with E-state index in [9.17, 15) is 10.1 Å². The van der Waals surface area contributed by atoms with Crippen molar-refractivity contribution in [2.24, 2.45) is 0 Å². The number of nitrogens with zero attached hydrogens (tertiary/aromatic N) is 2. The van der Waals surface area contributed by atoms with E-state index in [1.54, 1.807) is 18.2 Å². The second kappa shape index (κ2) is 3.73. The van der Waals surface area contributed by atoms with Crippen molar-refractivity contribution in [1.82, 2.24) is 0 Å². The van der Waals surface area contributed by atoms with E-state index in [1.165, 1.54) is 0 Å². The molecule has 0 aliphatic carbocycles. The van der Waals surface area contributed by atoms with Gasteiger partial charge in [0.05, 0.1) is 39.0 Å². The Morgan fingerprint density at radius 1 is 1.44 bits per heavy atom. The van der Waals surface area contributed by atoms with Gasteiger partial charge in [0.2, 0.25) is 0 Å². The van der Waals surface area contributed by atoms with Crippen LogP contribution < -0.4 is 3.11 Å². The molecule has 0 fully saturated rings. The summed E-state index contributed by atoms with van der Waals surface area (Å²) in [5.74, 6) is 0. The van der Waals surface area contributed by atoms with Gasteiger partial charge in [-0.25, -0.2) is 0 Å². The van der Waals surface area contributed by atoms with Crippen LogP contribution in [0.15, 0.2) is 24.3 Å². The van der Waals surface area contributed by atoms with Gasteiger partial charge in [0.15, 0.2) is 0 Å². The summed E-state index contributed by atoms with van der Waals surface area (Å²) < 4.78 is 2.09. The summed E-state index contributed by atoms with van der Waals surface area (Å²) >= 11 is 2.23. The van der Waals surface area contributed by atoms with Gasteiger partial charge in [-0.1, -0.05) is 12.2 Å². The molecule has 1 aliphatic heterocycles. The fourth-order valence-corrected chi connectivity index (χ4v) is 2.24. The molecule has 0 saturated carbocycles. The molecule has 1 aromatic rings. The fourth-order valence-electron chi connectivity index (χ4n) is 1.64. The smallest absolute Gasteiger partial charge is 0.270 e. The predicted octanol–water partition coefficient (Wildman–Crippen LogP) is 3.56. The van der Waals surface area contributed by atoms with Crippen LogP contribution in [0.4, 0.5) is 11.4 Å². The maximum atomic E-state index is 10.7. The molecule has 0 aromatic heterocycles. The molecule has 0 radical (unpaired) electrons. The first-order chi connectivity index (χ1) is 7.42. The van der Waals surface area contributed by atoms with Crippen LogP contribution in [0.5, 0.6) is 0 Å². The third-order valence-electron chi connectivity index (χ3n) is 2.61. The first-order valence-electron chi connectivity index (χ1n) is 4.85. The number of non-ortho nitro benzene ring substituents is 1. The summed E-state index contributed by atoms with van der Waals surface area (Å²) in [7, 11) is 0. The van der Waals surface area contributed by atoms with Crippen molar-refractivity contribution in [2.45, 2.75) is 19.4 Å². The predicted molar refractivity (Wildman–Crippen MR) is 72.7 cm³/mol. The lowest BCUT2D eigenvalue weighted by Gasteiger charge is -2.36. The Labute approximate surface area is 108 Å². The Balaban J connectivity index is 2.52. The lowest BCUT2D eigenvalue weighted by atomic mass is 9.96. The molecule has 0 bridgehead atoms. The lowest BCUT2D eigenvalue weighted by molar-refractivity contribution is -0.384. The topological polar surface area (TPSA) is 46.4 Å². The quantitative estimate of drug-likeness (QED) is 0.342. The minimum atomic E-state index is -0.370. The molecule has 2 rings (SSSR count). The molecule has 1 heterocycles. The van der Waals surface area contributed by atoms with Crippen molar-refractivity contribution in [3.63, 3.8) is 0 Å². The minimum Gasteiger partial charge on any atom is -0.305 e. The number of nitro groups is 1. The van der Waals surface area contributed by atoms with Gasteiger partial charge in [0.25, 0.3) is 5.69 Å². The molecule has 0 unspecified atom stereocenters. The Hall–Kier alpha value is -1.11. The van der Waals surface area contributed by atoms with E-state index in [0.29, 0.717) is 0 Å². The first kappa shape index (κ1) is 11.4. The molecule has 16 heavy (non-hydrogen) atoms. The molecule has 4 nitrogen and oxygen atoms in total. The van der Waals surface area contributed by atoms with Crippen molar-refractivity contribution in [3.05, 3.63) is 40.0 Å². The van der Waals surface area contributed by atoms with E-state index >= 15 is 0 Å². The van der Waals surface area contributed by atoms with Crippen LogP contribution in [0.1, 0.15) is 19.4 Å². The molecule has 1 aromatic carbocycles. The van der Waals surface area contributed by atoms with Crippen molar-refractivity contribution in [1.29, 1.82) is 0 Å². The highest BCUT2D eigenvalue weighted by molar-refractivity contribution is 14.1. The Morgan fingerprint density at radius 3 is 2.75 bits per heavy atom. The largest absolute Gasteiger partial charge is 0.305 e. The third-order valence-corrected chi connectivity index (χ3v) is 4.37. The number of anilines is 1. The number of hydrogen-bond donors (Lipinski definition) is 0. The van der Waals surface area contributed by atoms with E-state index in [4.69, 9.17) is 0 Å². The zero-order valence-electron chi connectivity index (χ0n) is 8.98. The molecular formula is C11H11IN2O2. The zero-order chi connectivity index (χ0) is 11.9. The Morgan fingerprint density at radius 2 is 2.12 bits per heavy atom. The van der Waals surface area contributed by atoms with E-state index in [0.717, 1.165) is 11.3 Å². The molecule has 5 heteroatoms. The number of halogens is 1. The van der Waals surface area contributed by atoms with Crippen LogP contribution in [0.3, 0.4) is 0 Å². The highest BCUT2D eigenvalue weighted by Crippen LogP contribution is 2.38. The average molecular weight is 330 g/mol. The van der Waals surface area contributed by atoms with Crippen molar-refractivity contribution in [3.8, 4) is 0 Å². The molecule has 84 valence electrons. The van der Waals surface area contributed by atoms with Crippen molar-refractivity contribution in [2.75, 3.05) is 3.11 Å². The number of benzene rings is 1. The summed E-state index contributed by atoms with van der Waals surface area (Å²) in [5.41, 5.74) is 1.97. The molecule has 0 saturated heterocycles. The van der Waals surface area contributed by atoms with Crippen LogP contribution in [0, 0.1) is 10.1 Å². The summed E-state index contributed by atoms with van der Waals surface area (Å²) in [6.07, 6.45) is 3.99. The van der Waals surface area contributed by atoms with Gasteiger partial charge < -0.3 is 3.11 Å². The van der Waals surface area contributed by atoms with Crippen molar-refractivity contribution >= 4 is 40.3 Å². The van der Waals surface area contributed by atoms with Crippen LogP contribution in [0.25, 0.3) is 6.08 Å². The standard InChI is InChI=1S/C11H11IN2O2/c1-11(2)6-5-8-7-9(14(15)16)3-4-10(8)13(11)12/h3-7H,1-2H3. The van der Waals surface area contributed by atoms with Crippen LogP contribution in [-0.4, -0.2) is 10.5 Å². The van der Waals surface area contributed by atoms with Gasteiger partial charge in [0, 0.05) is 17.7 Å². The highest BCUT2D eigenvalue weighted by Gasteiger charge is 2.28. The summed E-state index contributed by atoms with van der Waals surface area (Å²) in [5, 5.41) is 10.7. The van der Waals surface area contributed by atoms with Gasteiger partial charge >= 0.3 is 0 Å². The number of hydrogen-bond acceptors (Lipinski definition) is 3. The third kappa shape index (κ3) is 1.79. The number of fused-ring (bicyclic) bond motifs is 1. The second-order valence-electron chi connectivity index (χ2n) is 4.27. The maximum absolute atomic E-state index is 10.7. The molecule has 0 amide bonds. The van der Waals surface area contributed by atoms with Gasteiger partial charge in [-0.05, 0) is 19.9 Å². The van der Waals surface area contributed by atoms with Gasteiger partial charge in [-0.15, -0.1) is 0 Å². The van der Waals surface area contributed by atoms with Gasteiger partial charge in [-0.3, -0.25) is 10.1 Å². The van der Waals surface area contributed by atoms with Gasteiger partial charge in [0.1, 0.15) is 0 Å². The Bertz CT molecular complexity index is 483. The molecule has 0 atom stereocenters. The van der Waals surface area contributed by atoms with Crippen molar-refractivity contribution < 1.29 is 4.92 Å². The Kier molecular flexibility index (Phi) is 2.65. The zero-order valence-corrected chi connectivity index (χ0v) is 11.1. The normalized spacial score (nSPS) is 17.1. The number of nitro benzene ring substituents is 1. The molecule has 0 spiro atoms. The fraction of sp³-hybridized carbons (Fsp3) is 0.273. The summed E-state index contributed by atoms with van der Waals surface area (Å²) in [4.78, 5) is 10.3. The summed E-state index contributed by atoms with van der Waals surface area (Å²) in [6, 6.07) is 4.94. The second-order valence-corrected chi connectivity index (χ2v) is 5.23. The van der Waals surface area contributed by atoms with E-state index < -0.39 is 0 Å². The monoisotopic (exact) mass is 330 g/mol. The lowest BCUT2D eigenvalue weighted by Crippen LogP contribution is -2.36. The highest BCUT2D eigenvalue weighted by atomic mass is 127.